The molecule has 0 amide bonds. The average Bonchev–Trinajstić information content (AvgIpc) is 3.53. The predicted molar refractivity (Wildman–Crippen MR) is 142 cm³/mol. The van der Waals surface area contributed by atoms with E-state index in [-0.39, 0.29) is 17.0 Å². The van der Waals surface area contributed by atoms with Crippen LogP contribution in [-0.4, -0.2) is 36.9 Å². The molecule has 4 heterocycles. The molecule has 2 aliphatic rings. The van der Waals surface area contributed by atoms with Gasteiger partial charge in [0.2, 0.25) is 0 Å². The molecule has 2 aliphatic heterocycles. The summed E-state index contributed by atoms with van der Waals surface area (Å²) in [7, 11) is 0. The number of nitrogens with one attached hydrogen (secondary N) is 1. The summed E-state index contributed by atoms with van der Waals surface area (Å²) in [4.78, 5) is 0. The number of halogens is 2. The molecule has 7 nitrogen and oxygen atoms in total. The first-order chi connectivity index (χ1) is 16.7. The van der Waals surface area contributed by atoms with Crippen molar-refractivity contribution in [3.63, 3.8) is 0 Å². The number of rotatable bonds is 6. The van der Waals surface area contributed by atoms with E-state index in [2.05, 4.69) is 14.4 Å². The van der Waals surface area contributed by atoms with E-state index < -0.39 is 11.4 Å². The van der Waals surface area contributed by atoms with Crippen LogP contribution >= 0.6 is 23.2 Å². The number of nitrogens with zero attached hydrogens (tertiary/aromatic N) is 3. The fraction of sp³-hybridized carbons (Fsp3) is 0.560. The Balaban J connectivity index is 1.70. The Morgan fingerprint density at radius 1 is 1.29 bits per heavy atom. The molecule has 35 heavy (non-hydrogen) atoms. The van der Waals surface area contributed by atoms with Gasteiger partial charge in [-0.05, 0) is 53.4 Å². The molecule has 5 rings (SSSR count). The molecule has 1 unspecified atom stereocenters. The molecule has 0 bridgehead atoms. The lowest BCUT2D eigenvalue weighted by molar-refractivity contribution is -0.0394. The van der Waals surface area contributed by atoms with Crippen molar-refractivity contribution in [3.05, 3.63) is 34.2 Å². The molecule has 1 N–H and O–H groups in total. The lowest BCUT2D eigenvalue weighted by Gasteiger charge is -2.26. The van der Waals surface area contributed by atoms with E-state index in [0.29, 0.717) is 22.4 Å². The van der Waals surface area contributed by atoms with Gasteiger partial charge in [-0.2, -0.15) is 5.10 Å². The zero-order valence-corrected chi connectivity index (χ0v) is 22.9. The van der Waals surface area contributed by atoms with Crippen molar-refractivity contribution in [1.82, 2.24) is 19.1 Å². The zero-order chi connectivity index (χ0) is 24.9. The predicted octanol–water partition coefficient (Wildman–Crippen LogP) is 6.41. The van der Waals surface area contributed by atoms with E-state index in [1.165, 1.54) is 0 Å². The topological polar surface area (TPSA) is 76.3 Å². The Morgan fingerprint density at radius 3 is 2.77 bits per heavy atom. The summed E-state index contributed by atoms with van der Waals surface area (Å²) in [6.45, 7) is 9.84. The molecule has 0 radical (unpaired) electrons. The third kappa shape index (κ3) is 4.58. The van der Waals surface area contributed by atoms with Crippen LogP contribution in [0.3, 0.4) is 0 Å². The molecular formula is C25H32Cl2N4O3S. The first kappa shape index (κ1) is 25.2. The molecule has 1 fully saturated rings. The van der Waals surface area contributed by atoms with Gasteiger partial charge in [0, 0.05) is 53.6 Å². The highest BCUT2D eigenvalue weighted by atomic mass is 35.5. The summed E-state index contributed by atoms with van der Waals surface area (Å²) >= 11 is 12.1. The summed E-state index contributed by atoms with van der Waals surface area (Å²) in [6.07, 6.45) is 7.80. The van der Waals surface area contributed by atoms with E-state index in [1.807, 2.05) is 44.8 Å². The summed E-state index contributed by atoms with van der Waals surface area (Å²) in [5.41, 5.74) is 3.82. The van der Waals surface area contributed by atoms with E-state index >= 15 is 0 Å². The molecule has 3 aromatic rings. The Morgan fingerprint density at radius 2 is 2.09 bits per heavy atom. The molecular weight excluding hydrogens is 507 g/mol. The maximum atomic E-state index is 13.1. The standard InChI is InChI=1S/C25H32Cl2N4O3S/c1-5-33-18-12-16(26)22(27)24-21(18)20(15-13-28-31(14-15)19-8-6-7-11-34-19)23-17(9-10-30(23)24)29-35(32)25(2,3)4/h12-14,17,19,29H,5-11H2,1-4H3/t17-,19+,35?/m0/s1. The number of benzene rings is 1. The molecule has 2 aromatic heterocycles. The third-order valence-electron chi connectivity index (χ3n) is 6.64. The monoisotopic (exact) mass is 538 g/mol. The Hall–Kier alpha value is -1.42. The normalized spacial score (nSPS) is 21.5. The molecule has 0 saturated carbocycles. The first-order valence-electron chi connectivity index (χ1n) is 12.2. The molecule has 0 spiro atoms. The van der Waals surface area contributed by atoms with E-state index in [9.17, 15) is 4.55 Å². The van der Waals surface area contributed by atoms with E-state index in [0.717, 1.165) is 66.6 Å². The van der Waals surface area contributed by atoms with Crippen LogP contribution in [0.25, 0.3) is 22.0 Å². The third-order valence-corrected chi connectivity index (χ3v) is 9.03. The van der Waals surface area contributed by atoms with Crippen molar-refractivity contribution in [1.29, 1.82) is 0 Å². The van der Waals surface area contributed by atoms with Crippen LogP contribution in [-0.2, 0) is 22.6 Å². The van der Waals surface area contributed by atoms with Crippen LogP contribution in [0.2, 0.25) is 10.0 Å². The highest BCUT2D eigenvalue weighted by Gasteiger charge is 2.38. The van der Waals surface area contributed by atoms with Gasteiger partial charge in [0.1, 0.15) is 16.7 Å². The van der Waals surface area contributed by atoms with Crippen molar-refractivity contribution < 1.29 is 14.0 Å². The van der Waals surface area contributed by atoms with Crippen LogP contribution in [0.1, 0.15) is 71.3 Å². The van der Waals surface area contributed by atoms with Crippen LogP contribution in [0, 0.1) is 0 Å². The van der Waals surface area contributed by atoms with Gasteiger partial charge >= 0.3 is 0 Å². The molecule has 3 atom stereocenters. The number of hydrogen-bond donors (Lipinski definition) is 1. The van der Waals surface area contributed by atoms with Gasteiger partial charge in [0.25, 0.3) is 0 Å². The quantitative estimate of drug-likeness (QED) is 0.367. The van der Waals surface area contributed by atoms with E-state index in [1.54, 1.807) is 6.07 Å². The Kier molecular flexibility index (Phi) is 7.07. The summed E-state index contributed by atoms with van der Waals surface area (Å²) < 4.78 is 32.2. The van der Waals surface area contributed by atoms with Gasteiger partial charge in [-0.15, -0.1) is 4.72 Å². The van der Waals surface area contributed by atoms with Crippen molar-refractivity contribution in [2.75, 3.05) is 13.2 Å². The van der Waals surface area contributed by atoms with Crippen molar-refractivity contribution in [2.24, 2.45) is 0 Å². The largest absolute Gasteiger partial charge is 0.598 e. The van der Waals surface area contributed by atoms with Gasteiger partial charge in [0.15, 0.2) is 0 Å². The first-order valence-corrected chi connectivity index (χ1v) is 14.1. The van der Waals surface area contributed by atoms with Crippen molar-refractivity contribution in [2.45, 2.75) is 76.9 Å². The maximum Gasteiger partial charge on any atom is 0.150 e. The van der Waals surface area contributed by atoms with Crippen LogP contribution < -0.4 is 9.46 Å². The number of aryl methyl sites for hydroxylation is 1. The zero-order valence-electron chi connectivity index (χ0n) is 20.6. The minimum atomic E-state index is -1.23. The maximum absolute atomic E-state index is 13.1. The number of aromatic nitrogens is 3. The molecule has 1 aromatic carbocycles. The Bertz CT molecular complexity index is 1230. The van der Waals surface area contributed by atoms with Crippen molar-refractivity contribution >= 4 is 45.5 Å². The number of hydrogen-bond acceptors (Lipinski definition) is 5. The van der Waals surface area contributed by atoms with Gasteiger partial charge in [-0.3, -0.25) is 0 Å². The Labute approximate surface area is 219 Å². The van der Waals surface area contributed by atoms with Crippen molar-refractivity contribution in [3.8, 4) is 16.9 Å². The minimum absolute atomic E-state index is 0.0638. The smallest absolute Gasteiger partial charge is 0.150 e. The fourth-order valence-corrected chi connectivity index (χ4v) is 6.28. The minimum Gasteiger partial charge on any atom is -0.598 e. The second kappa shape index (κ2) is 9.80. The van der Waals surface area contributed by atoms with Gasteiger partial charge in [-0.1, -0.05) is 23.2 Å². The summed E-state index contributed by atoms with van der Waals surface area (Å²) in [5, 5.41) is 6.53. The van der Waals surface area contributed by atoms with Gasteiger partial charge < -0.3 is 18.6 Å². The fourth-order valence-electron chi connectivity index (χ4n) is 5.00. The second-order valence-electron chi connectivity index (χ2n) is 10.1. The molecule has 0 aliphatic carbocycles. The average molecular weight is 540 g/mol. The highest BCUT2D eigenvalue weighted by Crippen LogP contribution is 2.50. The van der Waals surface area contributed by atoms with Gasteiger partial charge in [-0.25, -0.2) is 4.68 Å². The molecule has 190 valence electrons. The lowest BCUT2D eigenvalue weighted by atomic mass is 10.0. The van der Waals surface area contributed by atoms with Gasteiger partial charge in [0.05, 0.1) is 39.8 Å². The van der Waals surface area contributed by atoms with Crippen LogP contribution in [0.15, 0.2) is 18.5 Å². The number of fused-ring (bicyclic) bond motifs is 3. The number of ether oxygens (including phenoxy) is 2. The summed E-state index contributed by atoms with van der Waals surface area (Å²) in [5.74, 6) is 0.686. The van der Waals surface area contributed by atoms with Crippen LogP contribution in [0.4, 0.5) is 0 Å². The molecule has 1 saturated heterocycles. The second-order valence-corrected chi connectivity index (χ2v) is 12.9. The van der Waals surface area contributed by atoms with E-state index in [4.69, 9.17) is 32.7 Å². The lowest BCUT2D eigenvalue weighted by Crippen LogP contribution is -2.40. The molecule has 10 heteroatoms. The highest BCUT2D eigenvalue weighted by molar-refractivity contribution is 7.90. The SMILES string of the molecule is CCOc1cc(Cl)c(Cl)c2c1c(-c1cnn([C@H]3CCCCO3)c1)c1n2CC[C@@H]1N[S+]([O-])C(C)(C)C. The summed E-state index contributed by atoms with van der Waals surface area (Å²) in [6, 6.07) is 1.68. The van der Waals surface area contributed by atoms with Crippen LogP contribution in [0.5, 0.6) is 5.75 Å².